The highest BCUT2D eigenvalue weighted by Crippen LogP contribution is 2.29. The van der Waals surface area contributed by atoms with E-state index in [0.717, 1.165) is 0 Å². The van der Waals surface area contributed by atoms with E-state index >= 15 is 0 Å². The van der Waals surface area contributed by atoms with Crippen LogP contribution in [0.5, 0.6) is 0 Å². The van der Waals surface area contributed by atoms with Crippen molar-refractivity contribution in [2.75, 3.05) is 5.09 Å². The highest BCUT2D eigenvalue weighted by molar-refractivity contribution is 7.51. The minimum absolute atomic E-state index is 0.292. The van der Waals surface area contributed by atoms with Gasteiger partial charge in [-0.15, -0.1) is 0 Å². The molecule has 0 spiro atoms. The molecular formula is C5H6N2O3P-. The van der Waals surface area contributed by atoms with Gasteiger partial charge >= 0.3 is 0 Å². The molecule has 0 saturated carbocycles. The van der Waals surface area contributed by atoms with Crippen LogP contribution in [0.1, 0.15) is 0 Å². The molecule has 1 heterocycles. The van der Waals surface area contributed by atoms with Crippen molar-refractivity contribution in [3.8, 4) is 0 Å². The number of hydrogen-bond acceptors (Lipinski definition) is 3. The lowest BCUT2D eigenvalue weighted by atomic mass is 10.4. The highest BCUT2D eigenvalue weighted by atomic mass is 31.2. The Morgan fingerprint density at radius 3 is 2.55 bits per heavy atom. The van der Waals surface area contributed by atoms with Gasteiger partial charge in [-0.1, -0.05) is 0 Å². The lowest BCUT2D eigenvalue weighted by Gasteiger charge is -2.17. The van der Waals surface area contributed by atoms with E-state index in [1.165, 1.54) is 24.5 Å². The standard InChI is InChI=1S/C5H7N2O3P/c8-11(9,10)7-5-1-3-6-4-2-5/h1-4H,(H3,6,7,8,9,10)/p-1. The number of nitrogens with one attached hydrogen (secondary N) is 1. The summed E-state index contributed by atoms with van der Waals surface area (Å²) in [7, 11) is -4.42. The van der Waals surface area contributed by atoms with E-state index in [-0.39, 0.29) is 0 Å². The van der Waals surface area contributed by atoms with Gasteiger partial charge in [-0.3, -0.25) is 9.55 Å². The molecule has 0 bridgehead atoms. The fourth-order valence-electron chi connectivity index (χ4n) is 0.590. The molecule has 5 nitrogen and oxygen atoms in total. The summed E-state index contributed by atoms with van der Waals surface area (Å²) in [6, 6.07) is 2.86. The average molecular weight is 173 g/mol. The fourth-order valence-corrected chi connectivity index (χ4v) is 1.06. The number of anilines is 1. The quantitative estimate of drug-likeness (QED) is 0.612. The van der Waals surface area contributed by atoms with Crippen molar-refractivity contribution in [3.63, 3.8) is 0 Å². The van der Waals surface area contributed by atoms with Crippen LogP contribution in [-0.2, 0) is 4.57 Å². The monoisotopic (exact) mass is 173 g/mol. The van der Waals surface area contributed by atoms with Crippen molar-refractivity contribution < 1.29 is 14.4 Å². The molecule has 1 aromatic rings. The molecule has 11 heavy (non-hydrogen) atoms. The lowest BCUT2D eigenvalue weighted by Crippen LogP contribution is -2.08. The van der Waals surface area contributed by atoms with Crippen LogP contribution in [0.2, 0.25) is 0 Å². The Kier molecular flexibility index (Phi) is 2.24. The van der Waals surface area contributed by atoms with Crippen molar-refractivity contribution >= 4 is 13.4 Å². The smallest absolute Gasteiger partial charge is 0.227 e. The first-order valence-corrected chi connectivity index (χ1v) is 4.38. The van der Waals surface area contributed by atoms with Crippen LogP contribution >= 0.6 is 7.75 Å². The molecule has 0 amide bonds. The third-order valence-corrected chi connectivity index (χ3v) is 1.49. The van der Waals surface area contributed by atoms with Gasteiger partial charge in [0.25, 0.3) is 0 Å². The number of hydrogen-bond donors (Lipinski definition) is 2. The zero-order valence-electron chi connectivity index (χ0n) is 5.47. The molecule has 0 radical (unpaired) electrons. The zero-order valence-corrected chi connectivity index (χ0v) is 6.36. The molecule has 0 fully saturated rings. The Bertz CT molecular complexity index is 270. The predicted octanol–water partition coefficient (Wildman–Crippen LogP) is -0.0458. The molecule has 1 rings (SSSR count). The Morgan fingerprint density at radius 1 is 1.55 bits per heavy atom. The summed E-state index contributed by atoms with van der Waals surface area (Å²) in [6.07, 6.45) is 2.83. The van der Waals surface area contributed by atoms with E-state index in [9.17, 15) is 9.46 Å². The van der Waals surface area contributed by atoms with Gasteiger partial charge in [0.1, 0.15) is 0 Å². The van der Waals surface area contributed by atoms with Crippen molar-refractivity contribution in [3.05, 3.63) is 24.5 Å². The fraction of sp³-hybridized carbons (Fsp3) is 0. The summed E-state index contributed by atoms with van der Waals surface area (Å²) < 4.78 is 10.3. The van der Waals surface area contributed by atoms with Gasteiger partial charge in [0, 0.05) is 18.1 Å². The van der Waals surface area contributed by atoms with Crippen molar-refractivity contribution in [1.29, 1.82) is 0 Å². The Hall–Kier alpha value is -0.900. The molecular weight excluding hydrogens is 167 g/mol. The van der Waals surface area contributed by atoms with E-state index in [0.29, 0.717) is 5.69 Å². The van der Waals surface area contributed by atoms with E-state index in [1.54, 1.807) is 0 Å². The van der Waals surface area contributed by atoms with Gasteiger partial charge in [-0.25, -0.2) is 0 Å². The third-order valence-electron chi connectivity index (χ3n) is 0.951. The summed E-state index contributed by atoms with van der Waals surface area (Å²) in [5.41, 5.74) is 0.292. The minimum Gasteiger partial charge on any atom is -0.762 e. The van der Waals surface area contributed by atoms with E-state index in [4.69, 9.17) is 4.89 Å². The van der Waals surface area contributed by atoms with Gasteiger partial charge in [0.05, 0.1) is 0 Å². The molecule has 0 aromatic carbocycles. The summed E-state index contributed by atoms with van der Waals surface area (Å²) in [6.45, 7) is 0. The highest BCUT2D eigenvalue weighted by Gasteiger charge is 1.99. The van der Waals surface area contributed by atoms with Crippen LogP contribution in [0, 0.1) is 0 Å². The normalized spacial score (nSPS) is 15.5. The van der Waals surface area contributed by atoms with Gasteiger partial charge in [0.15, 0.2) is 0 Å². The Labute approximate surface area is 63.3 Å². The molecule has 0 aliphatic rings. The molecule has 0 aliphatic heterocycles. The van der Waals surface area contributed by atoms with Crippen LogP contribution in [0.4, 0.5) is 5.69 Å². The van der Waals surface area contributed by atoms with Crippen LogP contribution < -0.4 is 9.98 Å². The molecule has 2 N–H and O–H groups in total. The van der Waals surface area contributed by atoms with Crippen LogP contribution in [0.25, 0.3) is 0 Å². The lowest BCUT2D eigenvalue weighted by molar-refractivity contribution is -0.191. The number of pyridine rings is 1. The average Bonchev–Trinajstić information content (AvgIpc) is 1.85. The predicted molar refractivity (Wildman–Crippen MR) is 37.7 cm³/mol. The molecule has 6 heteroatoms. The molecule has 60 valence electrons. The number of nitrogens with zero attached hydrogens (tertiary/aromatic N) is 1. The maximum atomic E-state index is 10.3. The van der Waals surface area contributed by atoms with Gasteiger partial charge in [-0.2, -0.15) is 0 Å². The van der Waals surface area contributed by atoms with Crippen molar-refractivity contribution in [2.45, 2.75) is 0 Å². The Morgan fingerprint density at radius 2 is 2.09 bits per heavy atom. The van der Waals surface area contributed by atoms with Crippen LogP contribution in [-0.4, -0.2) is 9.88 Å². The number of aromatic nitrogens is 1. The third kappa shape index (κ3) is 3.13. The second-order valence-corrected chi connectivity index (χ2v) is 3.13. The van der Waals surface area contributed by atoms with Crippen molar-refractivity contribution in [1.82, 2.24) is 4.98 Å². The molecule has 1 atom stereocenters. The first-order valence-electron chi connectivity index (χ1n) is 2.80. The first kappa shape index (κ1) is 8.20. The summed E-state index contributed by atoms with van der Waals surface area (Å²) in [4.78, 5) is 22.3. The molecule has 1 aromatic heterocycles. The number of rotatable bonds is 2. The largest absolute Gasteiger partial charge is 0.762 e. The Balaban J connectivity index is 2.74. The molecule has 1 unspecified atom stereocenters. The van der Waals surface area contributed by atoms with Crippen LogP contribution in [0.3, 0.4) is 0 Å². The second kappa shape index (κ2) is 3.00. The van der Waals surface area contributed by atoms with E-state index < -0.39 is 7.75 Å². The maximum Gasteiger partial charge on any atom is 0.227 e. The van der Waals surface area contributed by atoms with Crippen molar-refractivity contribution in [2.24, 2.45) is 0 Å². The molecule has 0 saturated heterocycles. The SMILES string of the molecule is O=P([O-])(O)Nc1ccncc1. The minimum atomic E-state index is -4.42. The summed E-state index contributed by atoms with van der Waals surface area (Å²) >= 11 is 0. The topological polar surface area (TPSA) is 85.3 Å². The van der Waals surface area contributed by atoms with Crippen LogP contribution in [0.15, 0.2) is 24.5 Å². The van der Waals surface area contributed by atoms with Gasteiger partial charge < -0.3 is 14.9 Å². The first-order chi connectivity index (χ1) is 5.08. The van der Waals surface area contributed by atoms with Gasteiger partial charge in [0.2, 0.25) is 7.75 Å². The maximum absolute atomic E-state index is 10.3. The summed E-state index contributed by atoms with van der Waals surface area (Å²) in [5.74, 6) is 0. The van der Waals surface area contributed by atoms with Gasteiger partial charge in [-0.05, 0) is 12.1 Å². The van der Waals surface area contributed by atoms with E-state index in [2.05, 4.69) is 4.98 Å². The second-order valence-electron chi connectivity index (χ2n) is 1.87. The molecule has 0 aliphatic carbocycles. The summed E-state index contributed by atoms with van der Waals surface area (Å²) in [5, 5.41) is 1.90. The van der Waals surface area contributed by atoms with E-state index in [1.807, 2.05) is 5.09 Å². The zero-order chi connectivity index (χ0) is 8.32.